The molecule has 1 aromatic rings. The Labute approximate surface area is 220 Å². The van der Waals surface area contributed by atoms with Crippen LogP contribution in [0.1, 0.15) is 64.4 Å². The number of alkyl carbamates (subject to hydrolysis) is 1. The van der Waals surface area contributed by atoms with Crippen LogP contribution in [0.3, 0.4) is 0 Å². The second-order valence-electron chi connectivity index (χ2n) is 9.11. The zero-order valence-corrected chi connectivity index (χ0v) is 22.7. The molecule has 1 aromatic heterocycles. The number of ether oxygens (including phenoxy) is 1. The predicted octanol–water partition coefficient (Wildman–Crippen LogP) is 2.78. The van der Waals surface area contributed by atoms with Gasteiger partial charge in [-0.1, -0.05) is 19.6 Å². The Morgan fingerprint density at radius 2 is 1.86 bits per heavy atom. The predicted molar refractivity (Wildman–Crippen MR) is 138 cm³/mol. The Kier molecular flexibility index (Phi) is 11.1. The molecule has 3 N–H and O–H groups in total. The minimum absolute atomic E-state index is 0.00636. The SMILES string of the molecule is C=C(NC(=O)c1csc(N2CCC(NC(=O)OC(C)(C)C)CC2)n1)C(=O)NC(=CCC)C(=O)OOCC. The smallest absolute Gasteiger partial charge is 0.407 e. The first-order valence-electron chi connectivity index (χ1n) is 12.0. The quantitative estimate of drug-likeness (QED) is 0.233. The van der Waals surface area contributed by atoms with Crippen LogP contribution in [0.25, 0.3) is 0 Å². The molecule has 1 aliphatic rings. The number of thiazole rings is 1. The zero-order chi connectivity index (χ0) is 27.6. The Morgan fingerprint density at radius 1 is 1.19 bits per heavy atom. The number of allylic oxidation sites excluding steroid dienone is 1. The molecule has 0 aromatic carbocycles. The van der Waals surface area contributed by atoms with Crippen molar-refractivity contribution in [1.29, 1.82) is 0 Å². The third kappa shape index (κ3) is 9.84. The number of nitrogens with one attached hydrogen (secondary N) is 3. The lowest BCUT2D eigenvalue weighted by Crippen LogP contribution is -2.46. The maximum Gasteiger partial charge on any atom is 0.407 e. The fraction of sp³-hybridized carbons (Fsp3) is 0.542. The zero-order valence-electron chi connectivity index (χ0n) is 21.8. The largest absolute Gasteiger partial charge is 0.444 e. The number of aromatic nitrogens is 1. The van der Waals surface area contributed by atoms with E-state index in [1.165, 1.54) is 17.4 Å². The van der Waals surface area contributed by atoms with Gasteiger partial charge in [-0.2, -0.15) is 4.89 Å². The van der Waals surface area contributed by atoms with Gasteiger partial charge in [0.25, 0.3) is 11.8 Å². The van der Waals surface area contributed by atoms with Gasteiger partial charge in [0.1, 0.15) is 17.0 Å². The van der Waals surface area contributed by atoms with Crippen molar-refractivity contribution in [2.24, 2.45) is 0 Å². The summed E-state index contributed by atoms with van der Waals surface area (Å²) in [6.45, 7) is 13.9. The van der Waals surface area contributed by atoms with Crippen molar-refractivity contribution in [3.8, 4) is 0 Å². The molecule has 0 spiro atoms. The van der Waals surface area contributed by atoms with E-state index < -0.39 is 29.5 Å². The summed E-state index contributed by atoms with van der Waals surface area (Å²) in [7, 11) is 0. The fourth-order valence-corrected chi connectivity index (χ4v) is 4.07. The van der Waals surface area contributed by atoms with Gasteiger partial charge in [-0.3, -0.25) is 14.5 Å². The monoisotopic (exact) mass is 537 g/mol. The lowest BCUT2D eigenvalue weighted by atomic mass is 10.1. The molecule has 0 aliphatic carbocycles. The van der Waals surface area contributed by atoms with Gasteiger partial charge >= 0.3 is 12.1 Å². The average molecular weight is 538 g/mol. The van der Waals surface area contributed by atoms with E-state index in [9.17, 15) is 19.2 Å². The van der Waals surface area contributed by atoms with Crippen molar-refractivity contribution in [3.05, 3.63) is 35.1 Å². The summed E-state index contributed by atoms with van der Waals surface area (Å²) in [5, 5.41) is 9.88. The van der Waals surface area contributed by atoms with E-state index in [-0.39, 0.29) is 29.7 Å². The average Bonchev–Trinajstić information content (AvgIpc) is 3.32. The minimum Gasteiger partial charge on any atom is -0.444 e. The van der Waals surface area contributed by atoms with Crippen LogP contribution >= 0.6 is 11.3 Å². The van der Waals surface area contributed by atoms with Crippen molar-refractivity contribution in [1.82, 2.24) is 20.9 Å². The van der Waals surface area contributed by atoms with E-state index >= 15 is 0 Å². The number of hydrogen-bond acceptors (Lipinski definition) is 10. The highest BCUT2D eigenvalue weighted by Crippen LogP contribution is 2.24. The third-order valence-corrected chi connectivity index (χ3v) is 5.78. The topological polar surface area (TPSA) is 148 Å². The molecule has 12 nitrogen and oxygen atoms in total. The molecule has 2 heterocycles. The van der Waals surface area contributed by atoms with Crippen molar-refractivity contribution < 1.29 is 33.7 Å². The Balaban J connectivity index is 1.87. The van der Waals surface area contributed by atoms with E-state index in [1.54, 1.807) is 19.2 Å². The lowest BCUT2D eigenvalue weighted by molar-refractivity contribution is -0.265. The van der Waals surface area contributed by atoms with E-state index in [2.05, 4.69) is 37.3 Å². The van der Waals surface area contributed by atoms with Crippen LogP contribution in [0.2, 0.25) is 0 Å². The first-order valence-corrected chi connectivity index (χ1v) is 12.9. The van der Waals surface area contributed by atoms with Crippen LogP contribution in [0.4, 0.5) is 9.93 Å². The van der Waals surface area contributed by atoms with Gasteiger partial charge in [0, 0.05) is 24.5 Å². The molecule has 204 valence electrons. The van der Waals surface area contributed by atoms with Gasteiger partial charge in [0.2, 0.25) is 0 Å². The van der Waals surface area contributed by atoms with Gasteiger partial charge < -0.3 is 25.6 Å². The number of hydrogen-bond donors (Lipinski definition) is 3. The van der Waals surface area contributed by atoms with Gasteiger partial charge in [0.05, 0.1) is 12.3 Å². The van der Waals surface area contributed by atoms with E-state index in [1.807, 2.05) is 25.7 Å². The number of anilines is 1. The third-order valence-electron chi connectivity index (χ3n) is 4.88. The summed E-state index contributed by atoms with van der Waals surface area (Å²) in [4.78, 5) is 64.6. The van der Waals surface area contributed by atoms with Crippen molar-refractivity contribution >= 4 is 40.3 Å². The molecule has 0 unspecified atom stereocenters. The number of carbonyl (C=O) groups excluding carboxylic acids is 4. The second-order valence-corrected chi connectivity index (χ2v) is 9.95. The standard InChI is InChI=1S/C24H35N5O7S/c1-7-9-17(21(32)36-34-8-2)27-19(30)15(3)25-20(31)18-14-37-22(28-18)29-12-10-16(11-13-29)26-23(33)35-24(4,5)6/h9,14,16H,3,7-8,10-13H2,1-2,4-6H3,(H,25,31)(H,26,33)(H,27,30). The maximum atomic E-state index is 12.6. The van der Waals surface area contributed by atoms with Crippen LogP contribution in [-0.4, -0.2) is 60.2 Å². The minimum atomic E-state index is -0.870. The molecule has 0 radical (unpaired) electrons. The molecule has 1 saturated heterocycles. The summed E-state index contributed by atoms with van der Waals surface area (Å²) < 4.78 is 5.30. The summed E-state index contributed by atoms with van der Waals surface area (Å²) >= 11 is 1.30. The highest BCUT2D eigenvalue weighted by Gasteiger charge is 2.26. The molecule has 0 atom stereocenters. The van der Waals surface area contributed by atoms with Crippen molar-refractivity contribution in [3.63, 3.8) is 0 Å². The Hall–Kier alpha value is -3.45. The Morgan fingerprint density at radius 3 is 2.46 bits per heavy atom. The summed E-state index contributed by atoms with van der Waals surface area (Å²) in [5.74, 6) is -2.26. The molecular formula is C24H35N5O7S. The summed E-state index contributed by atoms with van der Waals surface area (Å²) in [5.41, 5.74) is -0.821. The Bertz CT molecular complexity index is 1020. The highest BCUT2D eigenvalue weighted by molar-refractivity contribution is 7.13. The highest BCUT2D eigenvalue weighted by atomic mass is 32.1. The second kappa shape index (κ2) is 13.7. The lowest BCUT2D eigenvalue weighted by Gasteiger charge is -2.32. The summed E-state index contributed by atoms with van der Waals surface area (Å²) in [6, 6.07) is -0.00636. The molecular weight excluding hydrogens is 502 g/mol. The van der Waals surface area contributed by atoms with Crippen molar-refractivity contribution in [2.75, 3.05) is 24.6 Å². The normalized spacial score (nSPS) is 14.5. The van der Waals surface area contributed by atoms with Crippen LogP contribution in [0.15, 0.2) is 29.4 Å². The molecule has 13 heteroatoms. The number of rotatable bonds is 10. The van der Waals surface area contributed by atoms with E-state index in [0.29, 0.717) is 37.5 Å². The molecule has 37 heavy (non-hydrogen) atoms. The first-order chi connectivity index (χ1) is 17.4. The number of carbonyl (C=O) groups is 4. The van der Waals surface area contributed by atoms with Crippen molar-refractivity contribution in [2.45, 2.75) is 65.5 Å². The fourth-order valence-electron chi connectivity index (χ4n) is 3.21. The van der Waals surface area contributed by atoms with E-state index in [0.717, 1.165) is 0 Å². The molecule has 1 aliphatic heterocycles. The van der Waals surface area contributed by atoms with Crippen LogP contribution in [0, 0.1) is 0 Å². The number of piperidine rings is 1. The van der Waals surface area contributed by atoms with Crippen LogP contribution in [-0.2, 0) is 24.1 Å². The first kappa shape index (κ1) is 29.8. The van der Waals surface area contributed by atoms with E-state index in [4.69, 9.17) is 4.74 Å². The van der Waals surface area contributed by atoms with Gasteiger partial charge in [-0.25, -0.2) is 14.6 Å². The summed E-state index contributed by atoms with van der Waals surface area (Å²) in [6.07, 6.45) is 2.87. The molecule has 0 bridgehead atoms. The molecule has 3 amide bonds. The number of nitrogens with zero attached hydrogens (tertiary/aromatic N) is 2. The molecule has 2 rings (SSSR count). The van der Waals surface area contributed by atoms with Crippen LogP contribution in [0.5, 0.6) is 0 Å². The van der Waals surface area contributed by atoms with Gasteiger partial charge in [0.15, 0.2) is 5.13 Å². The number of amides is 3. The maximum absolute atomic E-state index is 12.6. The van der Waals surface area contributed by atoms with Gasteiger partial charge in [-0.15, -0.1) is 11.3 Å². The van der Waals surface area contributed by atoms with Gasteiger partial charge in [-0.05, 0) is 47.0 Å². The molecule has 1 fully saturated rings. The van der Waals surface area contributed by atoms with Crippen LogP contribution < -0.4 is 20.9 Å². The molecule has 0 saturated carbocycles.